The van der Waals surface area contributed by atoms with E-state index in [-0.39, 0.29) is 28.5 Å². The van der Waals surface area contributed by atoms with Crippen molar-refractivity contribution in [2.75, 3.05) is 45.9 Å². The highest BCUT2D eigenvalue weighted by atomic mass is 16.5. The van der Waals surface area contributed by atoms with Gasteiger partial charge in [0.2, 0.25) is 11.7 Å². The molecule has 4 heterocycles. The summed E-state index contributed by atoms with van der Waals surface area (Å²) in [5.74, 6) is 1.94. The van der Waals surface area contributed by atoms with Gasteiger partial charge in [-0.25, -0.2) is 0 Å². The van der Waals surface area contributed by atoms with Crippen LogP contribution in [0.3, 0.4) is 0 Å². The Hall–Kier alpha value is -1.99. The summed E-state index contributed by atoms with van der Waals surface area (Å²) in [5.41, 5.74) is 1.53. The summed E-state index contributed by atoms with van der Waals surface area (Å²) in [5, 5.41) is 0. The first-order valence-corrected chi connectivity index (χ1v) is 12.1. The Morgan fingerprint density at radius 1 is 1.09 bits per heavy atom. The molecule has 1 amide bonds. The van der Waals surface area contributed by atoms with Gasteiger partial charge in [-0.15, -0.1) is 0 Å². The monoisotopic (exact) mass is 442 g/mol. The predicted octanol–water partition coefficient (Wildman–Crippen LogP) is 3.47. The highest BCUT2D eigenvalue weighted by Crippen LogP contribution is 2.74. The lowest BCUT2D eigenvalue weighted by Crippen LogP contribution is -2.73. The maximum Gasteiger partial charge on any atom is 0.227 e. The first kappa shape index (κ1) is 20.6. The molecule has 1 aromatic carbocycles. The normalized spacial score (nSPS) is 36.9. The summed E-state index contributed by atoms with van der Waals surface area (Å²) in [6, 6.07) is 2.18. The van der Waals surface area contributed by atoms with Gasteiger partial charge in [0.25, 0.3) is 0 Å². The van der Waals surface area contributed by atoms with E-state index < -0.39 is 0 Å². The number of hydrogen-bond donors (Lipinski definition) is 0. The summed E-state index contributed by atoms with van der Waals surface area (Å²) >= 11 is 0. The molecule has 4 fully saturated rings. The maximum absolute atomic E-state index is 13.5. The molecule has 4 atom stereocenters. The van der Waals surface area contributed by atoms with Crippen LogP contribution in [0.25, 0.3) is 0 Å². The lowest BCUT2D eigenvalue weighted by atomic mass is 9.50. The Bertz CT molecular complexity index is 982. The fourth-order valence-corrected chi connectivity index (χ4v) is 8.50. The lowest BCUT2D eigenvalue weighted by Gasteiger charge is -2.62. The fraction of sp³-hybridized carbons (Fsp3) is 0.720. The minimum atomic E-state index is -0.358. The van der Waals surface area contributed by atoms with Crippen LogP contribution in [0.15, 0.2) is 6.07 Å². The number of anilines is 1. The SMILES string of the molecule is CCC(=O)N1c2c(cc(OC)c(OC)c2OC)C23CCN4CCCC5(CCOC452)CCC13. The molecule has 174 valence electrons. The Labute approximate surface area is 189 Å². The predicted molar refractivity (Wildman–Crippen MR) is 120 cm³/mol. The molecule has 3 saturated heterocycles. The van der Waals surface area contributed by atoms with Crippen molar-refractivity contribution in [2.24, 2.45) is 5.41 Å². The minimum Gasteiger partial charge on any atom is -0.493 e. The molecule has 0 bridgehead atoms. The van der Waals surface area contributed by atoms with Gasteiger partial charge in [-0.05, 0) is 50.2 Å². The van der Waals surface area contributed by atoms with Gasteiger partial charge >= 0.3 is 0 Å². The van der Waals surface area contributed by atoms with Crippen molar-refractivity contribution in [3.8, 4) is 17.2 Å². The molecule has 1 aliphatic carbocycles. The number of piperidine rings is 1. The number of benzene rings is 1. The van der Waals surface area contributed by atoms with Crippen LogP contribution in [0.4, 0.5) is 5.69 Å². The topological polar surface area (TPSA) is 60.5 Å². The first-order valence-electron chi connectivity index (χ1n) is 12.1. The van der Waals surface area contributed by atoms with Crippen LogP contribution in [0.1, 0.15) is 57.4 Å². The highest BCUT2D eigenvalue weighted by Gasteiger charge is 2.80. The maximum atomic E-state index is 13.5. The molecule has 2 spiro atoms. The molecule has 6 rings (SSSR count). The number of carbonyl (C=O) groups is 1. The van der Waals surface area contributed by atoms with Crippen LogP contribution in [0.5, 0.6) is 17.2 Å². The zero-order valence-corrected chi connectivity index (χ0v) is 19.7. The standard InChI is InChI=1S/C25H34N2O5/c1-5-19(28)27-18-7-9-23-8-6-12-26-13-10-24(18,25(23,26)32-14-11-23)16-15-17(29-2)21(30-3)22(31-4)20(16)27/h15,18H,5-14H2,1-4H3. The highest BCUT2D eigenvalue weighted by molar-refractivity contribution is 6.00. The third-order valence-corrected chi connectivity index (χ3v) is 9.39. The quantitative estimate of drug-likeness (QED) is 0.712. The third-order valence-electron chi connectivity index (χ3n) is 9.39. The van der Waals surface area contributed by atoms with E-state index in [1.165, 1.54) is 12.8 Å². The van der Waals surface area contributed by atoms with Gasteiger partial charge < -0.3 is 23.8 Å². The van der Waals surface area contributed by atoms with E-state index in [4.69, 9.17) is 18.9 Å². The smallest absolute Gasteiger partial charge is 0.227 e. The Morgan fingerprint density at radius 3 is 2.62 bits per heavy atom. The number of nitrogens with zero attached hydrogens (tertiary/aromatic N) is 2. The van der Waals surface area contributed by atoms with Crippen molar-refractivity contribution < 1.29 is 23.7 Å². The fourth-order valence-electron chi connectivity index (χ4n) is 8.50. The van der Waals surface area contributed by atoms with Crippen molar-refractivity contribution in [2.45, 2.75) is 69.1 Å². The van der Waals surface area contributed by atoms with Crippen molar-refractivity contribution in [3.05, 3.63) is 11.6 Å². The molecule has 0 aromatic heterocycles. The van der Waals surface area contributed by atoms with E-state index >= 15 is 0 Å². The second-order valence-corrected chi connectivity index (χ2v) is 10.0. The Balaban J connectivity index is 1.70. The summed E-state index contributed by atoms with van der Waals surface area (Å²) in [7, 11) is 4.95. The van der Waals surface area contributed by atoms with E-state index in [1.807, 2.05) is 6.92 Å². The van der Waals surface area contributed by atoms with Crippen LogP contribution in [0.2, 0.25) is 0 Å². The van der Waals surface area contributed by atoms with Gasteiger partial charge in [0.1, 0.15) is 5.72 Å². The van der Waals surface area contributed by atoms with E-state index in [1.54, 1.807) is 21.3 Å². The first-order chi connectivity index (χ1) is 15.5. The average molecular weight is 443 g/mol. The summed E-state index contributed by atoms with van der Waals surface area (Å²) in [6.07, 6.45) is 7.08. The van der Waals surface area contributed by atoms with Gasteiger partial charge in [-0.3, -0.25) is 9.69 Å². The molecular weight excluding hydrogens is 408 g/mol. The molecule has 4 unspecified atom stereocenters. The van der Waals surface area contributed by atoms with Gasteiger partial charge in [0, 0.05) is 31.5 Å². The Kier molecular flexibility index (Phi) is 4.36. The molecule has 7 heteroatoms. The number of hydrogen-bond acceptors (Lipinski definition) is 6. The summed E-state index contributed by atoms with van der Waals surface area (Å²) in [4.78, 5) is 18.2. The number of fused-ring (bicyclic) bond motifs is 1. The van der Waals surface area contributed by atoms with Crippen LogP contribution in [-0.2, 0) is 14.9 Å². The number of carbonyl (C=O) groups excluding carboxylic acids is 1. The van der Waals surface area contributed by atoms with Gasteiger partial charge in [0.05, 0.1) is 38.5 Å². The molecular formula is C25H34N2O5. The number of amides is 1. The van der Waals surface area contributed by atoms with Gasteiger partial charge in [-0.2, -0.15) is 0 Å². The van der Waals surface area contributed by atoms with Crippen LogP contribution in [0, 0.1) is 5.41 Å². The van der Waals surface area contributed by atoms with Gasteiger partial charge in [0.15, 0.2) is 11.5 Å². The minimum absolute atomic E-state index is 0.0602. The van der Waals surface area contributed by atoms with Crippen LogP contribution < -0.4 is 19.1 Å². The van der Waals surface area contributed by atoms with Gasteiger partial charge in [-0.1, -0.05) is 6.92 Å². The van der Waals surface area contributed by atoms with Crippen molar-refractivity contribution in [3.63, 3.8) is 0 Å². The zero-order chi connectivity index (χ0) is 22.3. The Morgan fingerprint density at radius 2 is 1.91 bits per heavy atom. The number of ether oxygens (including phenoxy) is 4. The van der Waals surface area contributed by atoms with Crippen LogP contribution >= 0.6 is 0 Å². The van der Waals surface area contributed by atoms with Crippen molar-refractivity contribution in [1.29, 1.82) is 0 Å². The lowest BCUT2D eigenvalue weighted by molar-refractivity contribution is -0.232. The molecule has 4 aliphatic heterocycles. The second kappa shape index (κ2) is 6.76. The van der Waals surface area contributed by atoms with E-state index in [0.717, 1.165) is 56.6 Å². The molecule has 0 radical (unpaired) electrons. The van der Waals surface area contributed by atoms with E-state index in [0.29, 0.717) is 23.7 Å². The second-order valence-electron chi connectivity index (χ2n) is 10.0. The molecule has 1 saturated carbocycles. The van der Waals surface area contributed by atoms with Crippen molar-refractivity contribution in [1.82, 2.24) is 4.90 Å². The van der Waals surface area contributed by atoms with Crippen LogP contribution in [-0.4, -0.2) is 63.6 Å². The zero-order valence-electron chi connectivity index (χ0n) is 19.7. The summed E-state index contributed by atoms with van der Waals surface area (Å²) in [6.45, 7) is 4.81. The molecule has 7 nitrogen and oxygen atoms in total. The average Bonchev–Trinajstić information content (AvgIpc) is 3.47. The number of rotatable bonds is 4. The van der Waals surface area contributed by atoms with E-state index in [2.05, 4.69) is 15.9 Å². The summed E-state index contributed by atoms with van der Waals surface area (Å²) < 4.78 is 24.4. The largest absolute Gasteiger partial charge is 0.493 e. The van der Waals surface area contributed by atoms with E-state index in [9.17, 15) is 4.79 Å². The third kappa shape index (κ3) is 2.00. The molecule has 1 aromatic rings. The van der Waals surface area contributed by atoms with Crippen molar-refractivity contribution >= 4 is 11.6 Å². The number of methoxy groups -OCH3 is 3. The molecule has 0 N–H and O–H groups in total. The molecule has 32 heavy (non-hydrogen) atoms. The molecule has 5 aliphatic rings.